The summed E-state index contributed by atoms with van der Waals surface area (Å²) < 4.78 is 0. The van der Waals surface area contributed by atoms with Gasteiger partial charge >= 0.3 is 5.69 Å². The first-order chi connectivity index (χ1) is 6.34. The molecule has 1 unspecified atom stereocenters. The molecule has 1 aromatic heterocycles. The van der Waals surface area contributed by atoms with Crippen molar-refractivity contribution < 1.29 is 0 Å². The van der Waals surface area contributed by atoms with E-state index >= 15 is 0 Å². The van der Waals surface area contributed by atoms with Crippen molar-refractivity contribution in [3.63, 3.8) is 0 Å². The number of hydrogen-bond donors (Lipinski definition) is 3. The molecule has 0 amide bonds. The third-order valence-electron chi connectivity index (χ3n) is 1.99. The summed E-state index contributed by atoms with van der Waals surface area (Å²) in [5.41, 5.74) is -0.224. The Hall–Kier alpha value is -0.750. The lowest BCUT2D eigenvalue weighted by atomic mass is 10.2. The normalized spacial score (nSPS) is 23.2. The highest BCUT2D eigenvalue weighted by atomic mass is 32.2. The average Bonchev–Trinajstić information content (AvgIpc) is 2.53. The first-order valence-corrected chi connectivity index (χ1v) is 5.45. The number of nitrogens with zero attached hydrogens (tertiary/aromatic N) is 1. The van der Waals surface area contributed by atoms with Crippen LogP contribution >= 0.6 is 11.8 Å². The zero-order valence-electron chi connectivity index (χ0n) is 7.17. The maximum absolute atomic E-state index is 10.7. The Balaban J connectivity index is 1.93. The van der Waals surface area contributed by atoms with Gasteiger partial charge in [0.1, 0.15) is 5.82 Å². The first-order valence-electron chi connectivity index (χ1n) is 4.29. The quantitative estimate of drug-likeness (QED) is 0.593. The van der Waals surface area contributed by atoms with Crippen LogP contribution in [0.5, 0.6) is 0 Å². The summed E-state index contributed by atoms with van der Waals surface area (Å²) in [6.45, 7) is 1.05. The van der Waals surface area contributed by atoms with Crippen LogP contribution in [0.1, 0.15) is 5.82 Å². The van der Waals surface area contributed by atoms with E-state index in [1.807, 2.05) is 11.8 Å². The minimum atomic E-state index is -0.224. The fraction of sp³-hybridized carbons (Fsp3) is 0.714. The molecule has 1 fully saturated rings. The molecule has 1 aromatic rings. The van der Waals surface area contributed by atoms with Crippen LogP contribution < -0.4 is 11.0 Å². The van der Waals surface area contributed by atoms with E-state index in [0.29, 0.717) is 6.04 Å². The molecule has 1 atom stereocenters. The van der Waals surface area contributed by atoms with Crippen LogP contribution in [0, 0.1) is 0 Å². The first kappa shape index (κ1) is 8.83. The van der Waals surface area contributed by atoms with E-state index < -0.39 is 0 Å². The topological polar surface area (TPSA) is 73.6 Å². The predicted octanol–water partition coefficient (Wildman–Crippen LogP) is -0.655. The van der Waals surface area contributed by atoms with Gasteiger partial charge in [0.05, 0.1) is 0 Å². The highest BCUT2D eigenvalue weighted by Crippen LogP contribution is 2.09. The van der Waals surface area contributed by atoms with Crippen molar-refractivity contribution in [1.82, 2.24) is 20.5 Å². The van der Waals surface area contributed by atoms with Crippen molar-refractivity contribution in [3.05, 3.63) is 16.3 Å². The van der Waals surface area contributed by atoms with E-state index in [-0.39, 0.29) is 5.69 Å². The molecule has 3 N–H and O–H groups in total. The average molecular weight is 200 g/mol. The van der Waals surface area contributed by atoms with Crippen molar-refractivity contribution >= 4 is 11.8 Å². The summed E-state index contributed by atoms with van der Waals surface area (Å²) in [5, 5.41) is 9.61. The number of aromatic nitrogens is 3. The molecule has 13 heavy (non-hydrogen) atoms. The maximum atomic E-state index is 10.7. The Morgan fingerprint density at radius 2 is 2.54 bits per heavy atom. The Bertz CT molecular complexity index is 314. The molecule has 0 aromatic carbocycles. The molecule has 2 heterocycles. The van der Waals surface area contributed by atoms with Gasteiger partial charge in [-0.1, -0.05) is 0 Å². The van der Waals surface area contributed by atoms with E-state index in [1.165, 1.54) is 5.75 Å². The highest BCUT2D eigenvalue weighted by molar-refractivity contribution is 7.99. The number of aromatic amines is 2. The van der Waals surface area contributed by atoms with Gasteiger partial charge in [-0.05, 0) is 0 Å². The molecule has 0 saturated carbocycles. The Kier molecular flexibility index (Phi) is 2.70. The number of H-pyrrole nitrogens is 2. The van der Waals surface area contributed by atoms with Crippen molar-refractivity contribution in [2.45, 2.75) is 12.5 Å². The summed E-state index contributed by atoms with van der Waals surface area (Å²) in [4.78, 5) is 13.4. The van der Waals surface area contributed by atoms with Crippen LogP contribution in [0.2, 0.25) is 0 Å². The maximum Gasteiger partial charge on any atom is 0.340 e. The molecule has 1 aliphatic heterocycles. The molecule has 0 aliphatic carbocycles. The standard InChI is InChI=1S/C7H12N4OS/c12-7-9-6(10-11-7)3-5-4-13-2-1-8-5/h5,8H,1-4H2,(H2,9,10,11,12). The van der Waals surface area contributed by atoms with Gasteiger partial charge in [0.2, 0.25) is 0 Å². The van der Waals surface area contributed by atoms with Crippen LogP contribution in [-0.4, -0.2) is 39.3 Å². The van der Waals surface area contributed by atoms with Crippen molar-refractivity contribution in [1.29, 1.82) is 0 Å². The molecule has 0 radical (unpaired) electrons. The lowest BCUT2D eigenvalue weighted by Crippen LogP contribution is -2.39. The zero-order valence-corrected chi connectivity index (χ0v) is 7.99. The van der Waals surface area contributed by atoms with Crippen molar-refractivity contribution in [2.75, 3.05) is 18.1 Å². The van der Waals surface area contributed by atoms with Crippen LogP contribution in [-0.2, 0) is 6.42 Å². The van der Waals surface area contributed by atoms with Gasteiger partial charge in [0, 0.05) is 30.5 Å². The minimum absolute atomic E-state index is 0.224. The van der Waals surface area contributed by atoms with Gasteiger partial charge in [-0.25, -0.2) is 9.89 Å². The molecule has 0 bridgehead atoms. The second-order valence-electron chi connectivity index (χ2n) is 3.05. The summed E-state index contributed by atoms with van der Waals surface area (Å²) in [7, 11) is 0. The molecule has 1 saturated heterocycles. The third kappa shape index (κ3) is 2.35. The lowest BCUT2D eigenvalue weighted by molar-refractivity contribution is 0.551. The molecule has 72 valence electrons. The zero-order chi connectivity index (χ0) is 9.10. The number of thioether (sulfide) groups is 1. The molecular weight excluding hydrogens is 188 g/mol. The van der Waals surface area contributed by atoms with Crippen LogP contribution in [0.25, 0.3) is 0 Å². The largest absolute Gasteiger partial charge is 0.340 e. The van der Waals surface area contributed by atoms with Crippen molar-refractivity contribution in [3.8, 4) is 0 Å². The van der Waals surface area contributed by atoms with Crippen molar-refractivity contribution in [2.24, 2.45) is 0 Å². The van der Waals surface area contributed by atoms with Gasteiger partial charge in [0.25, 0.3) is 0 Å². The summed E-state index contributed by atoms with van der Waals surface area (Å²) in [6.07, 6.45) is 0.797. The third-order valence-corrected chi connectivity index (χ3v) is 3.12. The van der Waals surface area contributed by atoms with Crippen LogP contribution in [0.4, 0.5) is 0 Å². The van der Waals surface area contributed by atoms with Gasteiger partial charge in [0.15, 0.2) is 0 Å². The molecule has 5 nitrogen and oxygen atoms in total. The van der Waals surface area contributed by atoms with Gasteiger partial charge in [-0.2, -0.15) is 16.9 Å². The second kappa shape index (κ2) is 3.97. The fourth-order valence-electron chi connectivity index (χ4n) is 1.39. The van der Waals surface area contributed by atoms with E-state index in [4.69, 9.17) is 0 Å². The van der Waals surface area contributed by atoms with Crippen LogP contribution in [0.3, 0.4) is 0 Å². The Morgan fingerprint density at radius 3 is 3.15 bits per heavy atom. The second-order valence-corrected chi connectivity index (χ2v) is 4.20. The lowest BCUT2D eigenvalue weighted by Gasteiger charge is -2.21. The Morgan fingerprint density at radius 1 is 1.62 bits per heavy atom. The van der Waals surface area contributed by atoms with Gasteiger partial charge < -0.3 is 5.32 Å². The number of rotatable bonds is 2. The molecule has 1 aliphatic rings. The molecule has 2 rings (SSSR count). The molecular formula is C7H12N4OS. The Labute approximate surface area is 79.7 Å². The van der Waals surface area contributed by atoms with E-state index in [2.05, 4.69) is 20.5 Å². The SMILES string of the molecule is O=c1[nH]nc(CC2CSCCN2)[nH]1. The summed E-state index contributed by atoms with van der Waals surface area (Å²) >= 11 is 1.94. The predicted molar refractivity (Wildman–Crippen MR) is 52.0 cm³/mol. The molecule has 0 spiro atoms. The number of hydrogen-bond acceptors (Lipinski definition) is 4. The summed E-state index contributed by atoms with van der Waals surface area (Å²) in [6, 6.07) is 0.442. The van der Waals surface area contributed by atoms with Gasteiger partial charge in [-0.15, -0.1) is 0 Å². The van der Waals surface area contributed by atoms with E-state index in [9.17, 15) is 4.79 Å². The minimum Gasteiger partial charge on any atom is -0.312 e. The van der Waals surface area contributed by atoms with E-state index in [1.54, 1.807) is 0 Å². The summed E-state index contributed by atoms with van der Waals surface area (Å²) in [5.74, 6) is 3.01. The monoisotopic (exact) mass is 200 g/mol. The van der Waals surface area contributed by atoms with Gasteiger partial charge in [-0.3, -0.25) is 4.98 Å². The van der Waals surface area contributed by atoms with Crippen LogP contribution in [0.15, 0.2) is 4.79 Å². The fourth-order valence-corrected chi connectivity index (χ4v) is 2.34. The number of nitrogens with one attached hydrogen (secondary N) is 3. The highest BCUT2D eigenvalue weighted by Gasteiger charge is 2.14. The van der Waals surface area contributed by atoms with E-state index in [0.717, 1.165) is 24.5 Å². The smallest absolute Gasteiger partial charge is 0.312 e. The molecule has 6 heteroatoms.